The number of carbonyl (C=O) groups excluding carboxylic acids is 1. The maximum Gasteiger partial charge on any atom is 0.251 e. The normalized spacial score (nSPS) is 16.8. The van der Waals surface area contributed by atoms with Gasteiger partial charge in [-0.2, -0.15) is 5.10 Å². The van der Waals surface area contributed by atoms with Crippen LogP contribution in [0.25, 0.3) is 0 Å². The van der Waals surface area contributed by atoms with Crippen molar-refractivity contribution < 1.29 is 4.79 Å². The first-order valence-electron chi connectivity index (χ1n) is 9.73. The molecule has 1 aromatic heterocycles. The topological polar surface area (TPSA) is 50.2 Å². The van der Waals surface area contributed by atoms with Crippen LogP contribution in [0.1, 0.15) is 47.1 Å². The Kier molecular flexibility index (Phi) is 4.84. The zero-order valence-electron chi connectivity index (χ0n) is 16.0. The van der Waals surface area contributed by atoms with Gasteiger partial charge in [-0.25, -0.2) is 0 Å². The number of aromatic nitrogens is 2. The number of hydrogen-bond acceptors (Lipinski definition) is 3. The van der Waals surface area contributed by atoms with Gasteiger partial charge in [0.2, 0.25) is 0 Å². The number of benzene rings is 1. The summed E-state index contributed by atoms with van der Waals surface area (Å²) in [5.74, 6) is -0.0397. The van der Waals surface area contributed by atoms with E-state index in [0.29, 0.717) is 0 Å². The van der Waals surface area contributed by atoms with Gasteiger partial charge in [0.15, 0.2) is 0 Å². The Morgan fingerprint density at radius 2 is 2.00 bits per heavy atom. The molecule has 1 N–H and O–H groups in total. The van der Waals surface area contributed by atoms with Crippen LogP contribution in [-0.4, -0.2) is 33.7 Å². The molecule has 1 aliphatic heterocycles. The molecule has 27 heavy (non-hydrogen) atoms. The SMILES string of the molecule is CCn1ccc(C(C)NC(=O)c2ccc3c(c2)CCN(C2=CC=C2)CC3)n1. The molecule has 1 aromatic carbocycles. The van der Waals surface area contributed by atoms with Crippen molar-refractivity contribution in [3.8, 4) is 0 Å². The van der Waals surface area contributed by atoms with Crippen LogP contribution in [0.15, 0.2) is 54.4 Å². The average Bonchev–Trinajstić information content (AvgIpc) is 3.03. The lowest BCUT2D eigenvalue weighted by atomic mass is 9.99. The molecule has 1 amide bonds. The molecular weight excluding hydrogens is 336 g/mol. The Balaban J connectivity index is 1.44. The highest BCUT2D eigenvalue weighted by Gasteiger charge is 2.19. The Bertz CT molecular complexity index is 909. The van der Waals surface area contributed by atoms with Crippen molar-refractivity contribution in [2.75, 3.05) is 13.1 Å². The number of fused-ring (bicyclic) bond motifs is 1. The number of aryl methyl sites for hydroxylation is 1. The molecule has 140 valence electrons. The summed E-state index contributed by atoms with van der Waals surface area (Å²) < 4.78 is 1.87. The fourth-order valence-corrected chi connectivity index (χ4v) is 3.66. The second-order valence-corrected chi connectivity index (χ2v) is 7.21. The minimum atomic E-state index is -0.114. The first-order chi connectivity index (χ1) is 13.1. The largest absolute Gasteiger partial charge is 0.371 e. The van der Waals surface area contributed by atoms with Gasteiger partial charge >= 0.3 is 0 Å². The van der Waals surface area contributed by atoms with Gasteiger partial charge in [0, 0.05) is 37.1 Å². The first-order valence-corrected chi connectivity index (χ1v) is 9.73. The van der Waals surface area contributed by atoms with Crippen LogP contribution in [0.5, 0.6) is 0 Å². The fourth-order valence-electron chi connectivity index (χ4n) is 3.66. The van der Waals surface area contributed by atoms with Gasteiger partial charge in [0.25, 0.3) is 5.91 Å². The summed E-state index contributed by atoms with van der Waals surface area (Å²) in [6.07, 6.45) is 10.3. The molecule has 2 aromatic rings. The van der Waals surface area contributed by atoms with E-state index in [2.05, 4.69) is 52.6 Å². The highest BCUT2D eigenvalue weighted by Crippen LogP contribution is 2.23. The minimum absolute atomic E-state index is 0.0397. The van der Waals surface area contributed by atoms with Crippen molar-refractivity contribution in [2.45, 2.75) is 39.3 Å². The molecule has 0 saturated heterocycles. The smallest absolute Gasteiger partial charge is 0.251 e. The van der Waals surface area contributed by atoms with Crippen LogP contribution in [-0.2, 0) is 19.4 Å². The molecule has 2 aliphatic rings. The standard InChI is InChI=1S/C22H26N4O/c1-3-26-14-11-21(24-26)16(2)23-22(27)19-8-7-17-9-12-25(20-5-4-6-20)13-10-18(17)15-19/h4-8,11,14-16H,3,9-10,12-13H2,1-2H3,(H,23,27). The first kappa shape index (κ1) is 17.6. The summed E-state index contributed by atoms with van der Waals surface area (Å²) in [4.78, 5) is 15.2. The number of amides is 1. The number of hydrogen-bond donors (Lipinski definition) is 1. The van der Waals surface area contributed by atoms with Gasteiger partial charge < -0.3 is 10.2 Å². The maximum absolute atomic E-state index is 12.7. The Hall–Kier alpha value is -2.82. The van der Waals surface area contributed by atoms with Gasteiger partial charge in [-0.05, 0) is 68.2 Å². The molecule has 1 atom stereocenters. The molecular formula is C22H26N4O. The van der Waals surface area contributed by atoms with Gasteiger partial charge in [-0.3, -0.25) is 9.48 Å². The third-order valence-electron chi connectivity index (χ3n) is 5.45. The van der Waals surface area contributed by atoms with Crippen molar-refractivity contribution in [1.82, 2.24) is 20.0 Å². The molecule has 0 spiro atoms. The van der Waals surface area contributed by atoms with E-state index in [-0.39, 0.29) is 11.9 Å². The molecule has 4 rings (SSSR count). The summed E-state index contributed by atoms with van der Waals surface area (Å²) in [6.45, 7) is 6.89. The van der Waals surface area contributed by atoms with E-state index in [4.69, 9.17) is 0 Å². The zero-order chi connectivity index (χ0) is 18.8. The quantitative estimate of drug-likeness (QED) is 0.888. The summed E-state index contributed by atoms with van der Waals surface area (Å²) in [5.41, 5.74) is 5.58. The van der Waals surface area contributed by atoms with Gasteiger partial charge in [0.05, 0.1) is 11.7 Å². The van der Waals surface area contributed by atoms with E-state index in [1.54, 1.807) is 0 Å². The predicted molar refractivity (Wildman–Crippen MR) is 106 cm³/mol. The molecule has 0 fully saturated rings. The molecule has 0 saturated carbocycles. The molecule has 0 radical (unpaired) electrons. The zero-order valence-corrected chi connectivity index (χ0v) is 16.0. The lowest BCUT2D eigenvalue weighted by molar-refractivity contribution is 0.0939. The van der Waals surface area contributed by atoms with Crippen molar-refractivity contribution in [3.05, 3.63) is 76.8 Å². The molecule has 5 heteroatoms. The maximum atomic E-state index is 12.7. The molecule has 1 aliphatic carbocycles. The van der Waals surface area contributed by atoms with Crippen molar-refractivity contribution in [3.63, 3.8) is 0 Å². The van der Waals surface area contributed by atoms with Crippen LogP contribution < -0.4 is 5.32 Å². The lowest BCUT2D eigenvalue weighted by Gasteiger charge is -2.26. The van der Waals surface area contributed by atoms with Gasteiger partial charge in [0.1, 0.15) is 0 Å². The minimum Gasteiger partial charge on any atom is -0.371 e. The highest BCUT2D eigenvalue weighted by molar-refractivity contribution is 5.94. The summed E-state index contributed by atoms with van der Waals surface area (Å²) >= 11 is 0. The number of rotatable bonds is 5. The molecule has 1 unspecified atom stereocenters. The van der Waals surface area contributed by atoms with Crippen LogP contribution in [0, 0.1) is 0 Å². The van der Waals surface area contributed by atoms with E-state index in [9.17, 15) is 4.79 Å². The highest BCUT2D eigenvalue weighted by atomic mass is 16.1. The van der Waals surface area contributed by atoms with Gasteiger partial charge in [-0.15, -0.1) is 0 Å². The van der Waals surface area contributed by atoms with E-state index < -0.39 is 0 Å². The predicted octanol–water partition coefficient (Wildman–Crippen LogP) is 3.25. The molecule has 2 heterocycles. The van der Waals surface area contributed by atoms with E-state index in [0.717, 1.165) is 43.7 Å². The second kappa shape index (κ2) is 7.43. The summed E-state index contributed by atoms with van der Waals surface area (Å²) in [5, 5.41) is 7.56. The fraction of sp³-hybridized carbons (Fsp3) is 0.364. The Morgan fingerprint density at radius 1 is 1.22 bits per heavy atom. The van der Waals surface area contributed by atoms with Crippen molar-refractivity contribution in [1.29, 1.82) is 0 Å². The molecule has 5 nitrogen and oxygen atoms in total. The third-order valence-corrected chi connectivity index (χ3v) is 5.45. The van der Waals surface area contributed by atoms with Crippen LogP contribution >= 0.6 is 0 Å². The van der Waals surface area contributed by atoms with Gasteiger partial charge in [-0.1, -0.05) is 12.1 Å². The monoisotopic (exact) mass is 362 g/mol. The van der Waals surface area contributed by atoms with E-state index in [1.807, 2.05) is 29.9 Å². The van der Waals surface area contributed by atoms with E-state index >= 15 is 0 Å². The Morgan fingerprint density at radius 3 is 2.67 bits per heavy atom. The Labute approximate surface area is 160 Å². The van der Waals surface area contributed by atoms with Crippen LogP contribution in [0.2, 0.25) is 0 Å². The van der Waals surface area contributed by atoms with Crippen molar-refractivity contribution >= 4 is 5.91 Å². The lowest BCUT2D eigenvalue weighted by Crippen LogP contribution is -2.27. The molecule has 0 bridgehead atoms. The van der Waals surface area contributed by atoms with Crippen molar-refractivity contribution in [2.24, 2.45) is 0 Å². The third kappa shape index (κ3) is 3.68. The summed E-state index contributed by atoms with van der Waals surface area (Å²) in [6, 6.07) is 7.98. The summed E-state index contributed by atoms with van der Waals surface area (Å²) in [7, 11) is 0. The number of nitrogens with one attached hydrogen (secondary N) is 1. The number of carbonyl (C=O) groups is 1. The number of nitrogens with zero attached hydrogens (tertiary/aromatic N) is 3. The van der Waals surface area contributed by atoms with E-state index in [1.165, 1.54) is 16.8 Å². The number of allylic oxidation sites excluding steroid dienone is 3. The van der Waals surface area contributed by atoms with Crippen LogP contribution in [0.3, 0.4) is 0 Å². The van der Waals surface area contributed by atoms with Crippen LogP contribution in [0.4, 0.5) is 0 Å². The average molecular weight is 362 g/mol. The second-order valence-electron chi connectivity index (χ2n) is 7.21.